The lowest BCUT2D eigenvalue weighted by molar-refractivity contribution is -0.140. The van der Waals surface area contributed by atoms with Gasteiger partial charge < -0.3 is 14.3 Å². The molecule has 0 fully saturated rings. The maximum atomic E-state index is 12.6. The van der Waals surface area contributed by atoms with Gasteiger partial charge in [-0.1, -0.05) is 24.3 Å². The summed E-state index contributed by atoms with van der Waals surface area (Å²) in [5, 5.41) is 11.7. The van der Waals surface area contributed by atoms with Gasteiger partial charge in [-0.15, -0.1) is 0 Å². The van der Waals surface area contributed by atoms with Crippen LogP contribution in [0.15, 0.2) is 70.0 Å². The number of hydrogen-bond donors (Lipinski definition) is 1. The van der Waals surface area contributed by atoms with Gasteiger partial charge in [0, 0.05) is 11.6 Å². The molecule has 0 saturated heterocycles. The normalized spacial score (nSPS) is 12.2. The molecule has 0 aliphatic heterocycles. The van der Waals surface area contributed by atoms with E-state index in [-0.39, 0.29) is 17.6 Å². The summed E-state index contributed by atoms with van der Waals surface area (Å²) in [4.78, 5) is 29.0. The van der Waals surface area contributed by atoms with Crippen molar-refractivity contribution in [1.29, 1.82) is 0 Å². The largest absolute Gasteiger partial charge is 0.502 e. The third-order valence-corrected chi connectivity index (χ3v) is 4.74. The lowest BCUT2D eigenvalue weighted by Gasteiger charge is -2.17. The van der Waals surface area contributed by atoms with Crippen LogP contribution in [-0.2, 0) is 9.53 Å². The Kier molecular flexibility index (Phi) is 4.53. The molecule has 0 bridgehead atoms. The van der Waals surface area contributed by atoms with Crippen molar-refractivity contribution in [2.45, 2.75) is 12.3 Å². The van der Waals surface area contributed by atoms with Crippen LogP contribution in [0.3, 0.4) is 0 Å². The Bertz CT molecular complexity index is 1240. The maximum absolute atomic E-state index is 12.6. The minimum absolute atomic E-state index is 0.0392. The summed E-state index contributed by atoms with van der Waals surface area (Å²) in [5.74, 6) is -1.63. The summed E-state index contributed by atoms with van der Waals surface area (Å²) in [6.07, 6.45) is 1.61. The number of carbonyl (C=O) groups excluding carboxylic acids is 1. The van der Waals surface area contributed by atoms with Gasteiger partial charge in [-0.3, -0.25) is 14.6 Å². The molecule has 0 unspecified atom stereocenters. The van der Waals surface area contributed by atoms with Crippen molar-refractivity contribution in [1.82, 2.24) is 4.98 Å². The highest BCUT2D eigenvalue weighted by Gasteiger charge is 2.27. The van der Waals surface area contributed by atoms with E-state index in [0.29, 0.717) is 11.1 Å². The average Bonchev–Trinajstić information content (AvgIpc) is 2.74. The smallest absolute Gasteiger partial charge is 0.306 e. The average molecular weight is 375 g/mol. The van der Waals surface area contributed by atoms with Gasteiger partial charge in [0.1, 0.15) is 5.58 Å². The zero-order chi connectivity index (χ0) is 19.7. The number of fused-ring (bicyclic) bond motifs is 2. The standard InChI is InChI=1S/C22H17NO5/c1-27-19(24)12-16(13-8-9-17-14(11-13)5-4-10-23-17)22-21(26)20(25)15-6-2-3-7-18(15)28-22/h2-11,16,26H,12H2,1H3/t16-/m1/s1. The van der Waals surface area contributed by atoms with Crippen molar-refractivity contribution < 1.29 is 19.1 Å². The minimum atomic E-state index is -0.686. The first-order chi connectivity index (χ1) is 13.6. The van der Waals surface area contributed by atoms with Gasteiger partial charge in [0.15, 0.2) is 5.76 Å². The molecule has 6 heteroatoms. The summed E-state index contributed by atoms with van der Waals surface area (Å²) >= 11 is 0. The Balaban J connectivity index is 1.93. The number of ether oxygens (including phenoxy) is 1. The van der Waals surface area contributed by atoms with E-state index < -0.39 is 23.1 Å². The second-order valence-electron chi connectivity index (χ2n) is 6.43. The van der Waals surface area contributed by atoms with E-state index in [1.807, 2.05) is 24.3 Å². The highest BCUT2D eigenvalue weighted by atomic mass is 16.5. The summed E-state index contributed by atoms with van der Waals surface area (Å²) in [6, 6.07) is 15.9. The first-order valence-corrected chi connectivity index (χ1v) is 8.74. The quantitative estimate of drug-likeness (QED) is 0.547. The number of aromatic nitrogens is 1. The first-order valence-electron chi connectivity index (χ1n) is 8.74. The van der Waals surface area contributed by atoms with Gasteiger partial charge in [-0.05, 0) is 35.9 Å². The number of carbonyl (C=O) groups is 1. The Labute approximate surface area is 160 Å². The Hall–Kier alpha value is -3.67. The molecule has 140 valence electrons. The minimum Gasteiger partial charge on any atom is -0.502 e. The molecule has 0 aliphatic rings. The Morgan fingerprint density at radius 3 is 2.82 bits per heavy atom. The molecule has 0 saturated carbocycles. The van der Waals surface area contributed by atoms with E-state index >= 15 is 0 Å². The molecule has 6 nitrogen and oxygen atoms in total. The molecule has 4 aromatic rings. The SMILES string of the molecule is COC(=O)C[C@H](c1ccc2ncccc2c1)c1oc2ccccc2c(=O)c1O. The van der Waals surface area contributed by atoms with Crippen molar-refractivity contribution in [2.75, 3.05) is 7.11 Å². The van der Waals surface area contributed by atoms with E-state index in [1.165, 1.54) is 7.11 Å². The van der Waals surface area contributed by atoms with Gasteiger partial charge >= 0.3 is 5.97 Å². The fraction of sp³-hybridized carbons (Fsp3) is 0.136. The zero-order valence-electron chi connectivity index (χ0n) is 15.1. The van der Waals surface area contributed by atoms with Crippen molar-refractivity contribution in [3.63, 3.8) is 0 Å². The van der Waals surface area contributed by atoms with E-state index in [2.05, 4.69) is 4.98 Å². The van der Waals surface area contributed by atoms with Crippen molar-refractivity contribution in [3.8, 4) is 5.75 Å². The summed E-state index contributed by atoms with van der Waals surface area (Å²) in [7, 11) is 1.29. The highest BCUT2D eigenvalue weighted by molar-refractivity contribution is 5.81. The fourth-order valence-electron chi connectivity index (χ4n) is 3.31. The number of nitrogens with zero attached hydrogens (tertiary/aromatic N) is 1. The van der Waals surface area contributed by atoms with Crippen LogP contribution in [0.4, 0.5) is 0 Å². The summed E-state index contributed by atoms with van der Waals surface area (Å²) in [5.41, 5.74) is 1.32. The number of para-hydroxylation sites is 1. The predicted octanol–water partition coefficient (Wildman–Crippen LogP) is 3.74. The number of rotatable bonds is 4. The van der Waals surface area contributed by atoms with E-state index in [0.717, 1.165) is 10.9 Å². The van der Waals surface area contributed by atoms with Gasteiger partial charge in [0.2, 0.25) is 11.2 Å². The van der Waals surface area contributed by atoms with E-state index in [9.17, 15) is 14.7 Å². The fourth-order valence-corrected chi connectivity index (χ4v) is 3.31. The number of esters is 1. The van der Waals surface area contributed by atoms with E-state index in [4.69, 9.17) is 9.15 Å². The number of benzene rings is 2. The lowest BCUT2D eigenvalue weighted by Crippen LogP contribution is -2.13. The highest BCUT2D eigenvalue weighted by Crippen LogP contribution is 2.35. The molecular weight excluding hydrogens is 358 g/mol. The Morgan fingerprint density at radius 2 is 2.00 bits per heavy atom. The number of methoxy groups -OCH3 is 1. The summed E-state index contributed by atoms with van der Waals surface area (Å²) in [6.45, 7) is 0. The second-order valence-corrected chi connectivity index (χ2v) is 6.43. The molecular formula is C22H17NO5. The monoisotopic (exact) mass is 375 g/mol. The first kappa shape index (κ1) is 17.7. The van der Waals surface area contributed by atoms with Crippen molar-refractivity contribution in [2.24, 2.45) is 0 Å². The third kappa shape index (κ3) is 3.09. The van der Waals surface area contributed by atoms with Gasteiger partial charge in [0.05, 0.1) is 30.4 Å². The van der Waals surface area contributed by atoms with Crippen LogP contribution in [0, 0.1) is 0 Å². The van der Waals surface area contributed by atoms with Crippen LogP contribution in [0.2, 0.25) is 0 Å². The van der Waals surface area contributed by atoms with Crippen LogP contribution in [0.5, 0.6) is 5.75 Å². The number of pyridine rings is 1. The summed E-state index contributed by atoms with van der Waals surface area (Å²) < 4.78 is 10.7. The molecule has 28 heavy (non-hydrogen) atoms. The Morgan fingerprint density at radius 1 is 1.18 bits per heavy atom. The topological polar surface area (TPSA) is 89.6 Å². The molecule has 2 heterocycles. The third-order valence-electron chi connectivity index (χ3n) is 4.74. The molecule has 0 spiro atoms. The molecule has 1 atom stereocenters. The van der Waals surface area contributed by atoms with Crippen LogP contribution in [0.25, 0.3) is 21.9 Å². The van der Waals surface area contributed by atoms with Crippen LogP contribution < -0.4 is 5.43 Å². The number of aromatic hydroxyl groups is 1. The zero-order valence-corrected chi connectivity index (χ0v) is 15.1. The molecule has 2 aromatic heterocycles. The van der Waals surface area contributed by atoms with Gasteiger partial charge in [0.25, 0.3) is 0 Å². The van der Waals surface area contributed by atoms with Crippen molar-refractivity contribution >= 4 is 27.8 Å². The van der Waals surface area contributed by atoms with Crippen LogP contribution in [0.1, 0.15) is 23.7 Å². The molecule has 1 N–H and O–H groups in total. The van der Waals surface area contributed by atoms with Crippen molar-refractivity contribution in [3.05, 3.63) is 82.3 Å². The van der Waals surface area contributed by atoms with Crippen LogP contribution in [-0.4, -0.2) is 23.2 Å². The molecule has 0 radical (unpaired) electrons. The lowest BCUT2D eigenvalue weighted by atomic mass is 9.91. The van der Waals surface area contributed by atoms with Gasteiger partial charge in [-0.2, -0.15) is 0 Å². The second kappa shape index (κ2) is 7.15. The molecule has 0 aliphatic carbocycles. The van der Waals surface area contributed by atoms with E-state index in [1.54, 1.807) is 36.5 Å². The van der Waals surface area contributed by atoms with Gasteiger partial charge in [-0.25, -0.2) is 0 Å². The van der Waals surface area contributed by atoms with Crippen LogP contribution >= 0.6 is 0 Å². The number of hydrogen-bond acceptors (Lipinski definition) is 6. The molecule has 2 aromatic carbocycles. The molecule has 0 amide bonds. The molecule has 4 rings (SSSR count). The maximum Gasteiger partial charge on any atom is 0.306 e. The predicted molar refractivity (Wildman–Crippen MR) is 104 cm³/mol.